The first-order valence-corrected chi connectivity index (χ1v) is 10.4. The second-order valence-electron chi connectivity index (χ2n) is 7.36. The molecule has 150 valence electrons. The third-order valence-electron chi connectivity index (χ3n) is 4.44. The molecule has 1 amide bonds. The van der Waals surface area contributed by atoms with Crippen LogP contribution >= 0.6 is 28.1 Å². The molecule has 0 atom stereocenters. The van der Waals surface area contributed by atoms with Gasteiger partial charge in [0.25, 0.3) is 5.91 Å². The Morgan fingerprint density at radius 2 is 1.68 bits per heavy atom. The van der Waals surface area contributed by atoms with Gasteiger partial charge in [-0.15, -0.1) is 0 Å². The van der Waals surface area contributed by atoms with E-state index in [0.717, 1.165) is 38.2 Å². The van der Waals surface area contributed by atoms with Crippen molar-refractivity contribution in [2.24, 2.45) is 0 Å². The van der Waals surface area contributed by atoms with Gasteiger partial charge >= 0.3 is 0 Å². The number of halogens is 1. The number of thiocarbonyl (C=S) groups is 1. The van der Waals surface area contributed by atoms with Gasteiger partial charge in [-0.25, -0.2) is 0 Å². The summed E-state index contributed by atoms with van der Waals surface area (Å²) in [6, 6.07) is 8.14. The molecule has 0 aliphatic rings. The molecule has 2 aromatic rings. The van der Waals surface area contributed by atoms with Crippen LogP contribution in [0.15, 0.2) is 28.7 Å². The lowest BCUT2D eigenvalue weighted by Crippen LogP contribution is -2.37. The van der Waals surface area contributed by atoms with Crippen molar-refractivity contribution in [3.63, 3.8) is 0 Å². The van der Waals surface area contributed by atoms with E-state index in [0.29, 0.717) is 0 Å². The molecule has 2 N–H and O–H groups in total. The minimum absolute atomic E-state index is 0.103. The molecule has 0 radical (unpaired) electrons. The first-order chi connectivity index (χ1) is 13.1. The summed E-state index contributed by atoms with van der Waals surface area (Å²) < 4.78 is 6.82. The summed E-state index contributed by atoms with van der Waals surface area (Å²) in [7, 11) is 0. The predicted molar refractivity (Wildman–Crippen MR) is 123 cm³/mol. The minimum atomic E-state index is -0.296. The number of carbonyl (C=O) groups is 1. The minimum Gasteiger partial charge on any atom is -0.483 e. The Morgan fingerprint density at radius 3 is 2.25 bits per heavy atom. The van der Waals surface area contributed by atoms with Gasteiger partial charge in [-0.3, -0.25) is 10.1 Å². The third kappa shape index (κ3) is 5.79. The normalized spacial score (nSPS) is 10.7. The SMILES string of the molecule is Cc1cc(C)c(NC(=S)NC(=O)COc2cc(C)c(Br)cc2C(C)C)c(C)c1. The first-order valence-electron chi connectivity index (χ1n) is 9.20. The van der Waals surface area contributed by atoms with Crippen LogP contribution in [0.3, 0.4) is 0 Å². The number of rotatable bonds is 5. The lowest BCUT2D eigenvalue weighted by Gasteiger charge is -2.17. The summed E-state index contributed by atoms with van der Waals surface area (Å²) in [5.41, 5.74) is 6.38. The molecule has 0 aliphatic carbocycles. The van der Waals surface area contributed by atoms with Gasteiger partial charge in [-0.05, 0) is 80.2 Å². The maximum absolute atomic E-state index is 12.3. The number of ether oxygens (including phenoxy) is 1. The summed E-state index contributed by atoms with van der Waals surface area (Å²) in [5.74, 6) is 0.704. The zero-order chi connectivity index (χ0) is 21.0. The van der Waals surface area contributed by atoms with Crippen LogP contribution in [0.25, 0.3) is 0 Å². The van der Waals surface area contributed by atoms with Gasteiger partial charge in [0.1, 0.15) is 5.75 Å². The lowest BCUT2D eigenvalue weighted by molar-refractivity contribution is -0.121. The molecule has 0 fully saturated rings. The second-order valence-corrected chi connectivity index (χ2v) is 8.62. The van der Waals surface area contributed by atoms with Crippen molar-refractivity contribution in [1.82, 2.24) is 5.32 Å². The summed E-state index contributed by atoms with van der Waals surface area (Å²) in [4.78, 5) is 12.3. The highest BCUT2D eigenvalue weighted by Crippen LogP contribution is 2.32. The molecule has 2 rings (SSSR count). The van der Waals surface area contributed by atoms with Gasteiger partial charge in [0.05, 0.1) is 0 Å². The van der Waals surface area contributed by atoms with E-state index < -0.39 is 0 Å². The zero-order valence-electron chi connectivity index (χ0n) is 17.2. The number of nitrogens with one attached hydrogen (secondary N) is 2. The van der Waals surface area contributed by atoms with E-state index in [2.05, 4.69) is 59.5 Å². The highest BCUT2D eigenvalue weighted by molar-refractivity contribution is 9.10. The lowest BCUT2D eigenvalue weighted by atomic mass is 10.0. The molecule has 0 aromatic heterocycles. The highest BCUT2D eigenvalue weighted by atomic mass is 79.9. The quantitative estimate of drug-likeness (QED) is 0.559. The van der Waals surface area contributed by atoms with Crippen LogP contribution in [-0.2, 0) is 4.79 Å². The number of amides is 1. The first kappa shape index (κ1) is 22.4. The van der Waals surface area contributed by atoms with Gasteiger partial charge < -0.3 is 10.1 Å². The van der Waals surface area contributed by atoms with Crippen LogP contribution in [0.4, 0.5) is 5.69 Å². The van der Waals surface area contributed by atoms with Crippen molar-refractivity contribution in [2.45, 2.75) is 47.5 Å². The van der Waals surface area contributed by atoms with Crippen LogP contribution in [0.1, 0.15) is 47.6 Å². The molecular weight excluding hydrogens is 436 g/mol. The number of aryl methyl sites for hydroxylation is 4. The predicted octanol–water partition coefficient (Wildman–Crippen LogP) is 5.70. The van der Waals surface area contributed by atoms with E-state index in [9.17, 15) is 4.79 Å². The Labute approximate surface area is 181 Å². The van der Waals surface area contributed by atoms with Gasteiger partial charge in [-0.1, -0.05) is 47.5 Å². The van der Waals surface area contributed by atoms with Crippen LogP contribution in [-0.4, -0.2) is 17.6 Å². The Morgan fingerprint density at radius 1 is 1.07 bits per heavy atom. The molecule has 0 saturated heterocycles. The fraction of sp³-hybridized carbons (Fsp3) is 0.364. The highest BCUT2D eigenvalue weighted by Gasteiger charge is 2.14. The van der Waals surface area contributed by atoms with E-state index in [4.69, 9.17) is 17.0 Å². The Bertz CT molecular complexity index is 887. The largest absolute Gasteiger partial charge is 0.483 e. The van der Waals surface area contributed by atoms with Gasteiger partial charge in [0.15, 0.2) is 11.7 Å². The number of hydrogen-bond donors (Lipinski definition) is 2. The summed E-state index contributed by atoms with van der Waals surface area (Å²) in [6.07, 6.45) is 0. The number of carbonyl (C=O) groups excluding carboxylic acids is 1. The Hall–Kier alpha value is -1.92. The molecule has 2 aromatic carbocycles. The van der Waals surface area contributed by atoms with E-state index in [-0.39, 0.29) is 23.5 Å². The molecule has 0 saturated carbocycles. The molecule has 0 spiro atoms. The molecule has 28 heavy (non-hydrogen) atoms. The molecule has 0 aliphatic heterocycles. The molecular formula is C22H27BrN2O2S. The number of anilines is 1. The van der Waals surface area contributed by atoms with Crippen LogP contribution in [0.2, 0.25) is 0 Å². The maximum atomic E-state index is 12.3. The molecule has 6 heteroatoms. The van der Waals surface area contributed by atoms with Crippen molar-refractivity contribution in [1.29, 1.82) is 0 Å². The molecule has 0 bridgehead atoms. The maximum Gasteiger partial charge on any atom is 0.264 e. The van der Waals surface area contributed by atoms with Crippen LogP contribution < -0.4 is 15.4 Å². The van der Waals surface area contributed by atoms with E-state index >= 15 is 0 Å². The fourth-order valence-electron chi connectivity index (χ4n) is 3.07. The molecule has 0 unspecified atom stereocenters. The average Bonchev–Trinajstić information content (AvgIpc) is 2.58. The monoisotopic (exact) mass is 462 g/mol. The van der Waals surface area contributed by atoms with Crippen LogP contribution in [0, 0.1) is 27.7 Å². The summed E-state index contributed by atoms with van der Waals surface area (Å²) in [5, 5.41) is 6.07. The fourth-order valence-corrected chi connectivity index (χ4v) is 3.65. The van der Waals surface area contributed by atoms with Gasteiger partial charge in [0, 0.05) is 10.2 Å². The van der Waals surface area contributed by atoms with E-state index in [1.54, 1.807) is 0 Å². The Kier molecular flexibility index (Phi) is 7.61. The van der Waals surface area contributed by atoms with Crippen LogP contribution in [0.5, 0.6) is 5.75 Å². The van der Waals surface area contributed by atoms with E-state index in [1.807, 2.05) is 32.9 Å². The Balaban J connectivity index is 2.00. The average molecular weight is 463 g/mol. The van der Waals surface area contributed by atoms with E-state index in [1.165, 1.54) is 5.56 Å². The third-order valence-corrected chi connectivity index (χ3v) is 5.50. The molecule has 0 heterocycles. The summed E-state index contributed by atoms with van der Waals surface area (Å²) >= 11 is 8.84. The smallest absolute Gasteiger partial charge is 0.264 e. The van der Waals surface area contributed by atoms with Crippen molar-refractivity contribution < 1.29 is 9.53 Å². The van der Waals surface area contributed by atoms with Crippen molar-refractivity contribution in [3.05, 3.63) is 56.6 Å². The number of benzene rings is 2. The van der Waals surface area contributed by atoms with Crippen molar-refractivity contribution in [2.75, 3.05) is 11.9 Å². The molecule has 4 nitrogen and oxygen atoms in total. The number of hydrogen-bond acceptors (Lipinski definition) is 3. The van der Waals surface area contributed by atoms with Gasteiger partial charge in [-0.2, -0.15) is 0 Å². The van der Waals surface area contributed by atoms with Crippen molar-refractivity contribution >= 4 is 44.9 Å². The topological polar surface area (TPSA) is 50.4 Å². The summed E-state index contributed by atoms with van der Waals surface area (Å²) in [6.45, 7) is 12.2. The van der Waals surface area contributed by atoms with Crippen molar-refractivity contribution in [3.8, 4) is 5.75 Å². The standard InChI is InChI=1S/C22H27BrN2O2S/c1-12(2)17-10-18(23)14(4)9-19(17)27-11-20(26)24-22(28)25-21-15(5)7-13(3)8-16(21)6/h7-10,12H,11H2,1-6H3,(H2,24,25,26,28). The zero-order valence-corrected chi connectivity index (χ0v) is 19.6. The second kappa shape index (κ2) is 9.52. The van der Waals surface area contributed by atoms with Gasteiger partial charge in [0.2, 0.25) is 0 Å².